The Bertz CT molecular complexity index is 1020. The molecule has 3 aromatic rings. The minimum absolute atomic E-state index is 0.00411. The maximum absolute atomic E-state index is 13.1. The van der Waals surface area contributed by atoms with Crippen molar-refractivity contribution in [1.82, 2.24) is 20.1 Å². The van der Waals surface area contributed by atoms with E-state index in [-0.39, 0.29) is 11.9 Å². The Kier molecular flexibility index (Phi) is 7.27. The third-order valence-electron chi connectivity index (χ3n) is 5.05. The molecule has 8 heteroatoms. The average molecular weight is 457 g/mol. The number of nitrogens with one attached hydrogen (secondary N) is 1. The fourth-order valence-electron chi connectivity index (χ4n) is 3.30. The average Bonchev–Trinajstić information content (AvgIpc) is 3.52. The fraction of sp³-hybridized carbons (Fsp3) is 0.348. The molecule has 1 saturated carbocycles. The first-order chi connectivity index (χ1) is 15.2. The molecule has 2 aromatic carbocycles. The molecule has 1 amide bonds. The monoisotopic (exact) mass is 456 g/mol. The number of methoxy groups -OCH3 is 1. The number of rotatable bonds is 10. The van der Waals surface area contributed by atoms with Crippen LogP contribution in [0.3, 0.4) is 0 Å². The van der Waals surface area contributed by atoms with Gasteiger partial charge in [0.15, 0.2) is 11.0 Å². The van der Waals surface area contributed by atoms with Crippen LogP contribution < -0.4 is 5.32 Å². The summed E-state index contributed by atoms with van der Waals surface area (Å²) in [6, 6.07) is 17.7. The SMILES string of the molecule is COCCCn1c(SC(C(=O)NC2CC2)c2ccccc2)nnc1-c1ccccc1Cl. The molecule has 0 bridgehead atoms. The quantitative estimate of drug-likeness (QED) is 0.352. The van der Waals surface area contributed by atoms with Gasteiger partial charge in [0.2, 0.25) is 5.91 Å². The molecular weight excluding hydrogens is 432 g/mol. The number of benzene rings is 2. The molecule has 1 unspecified atom stereocenters. The highest BCUT2D eigenvalue weighted by Crippen LogP contribution is 2.38. The first-order valence-electron chi connectivity index (χ1n) is 10.4. The number of amides is 1. The Balaban J connectivity index is 1.67. The molecule has 1 heterocycles. The van der Waals surface area contributed by atoms with Crippen molar-refractivity contribution in [3.63, 3.8) is 0 Å². The zero-order valence-corrected chi connectivity index (χ0v) is 18.9. The summed E-state index contributed by atoms with van der Waals surface area (Å²) < 4.78 is 7.27. The minimum atomic E-state index is -0.411. The lowest BCUT2D eigenvalue weighted by Crippen LogP contribution is -2.30. The van der Waals surface area contributed by atoms with Gasteiger partial charge in [-0.25, -0.2) is 0 Å². The van der Waals surface area contributed by atoms with E-state index in [2.05, 4.69) is 15.5 Å². The van der Waals surface area contributed by atoms with Crippen LogP contribution in [-0.2, 0) is 16.1 Å². The van der Waals surface area contributed by atoms with E-state index in [0.29, 0.717) is 29.2 Å². The number of carbonyl (C=O) groups excluding carboxylic acids is 1. The van der Waals surface area contributed by atoms with Crippen molar-refractivity contribution in [2.45, 2.75) is 42.3 Å². The van der Waals surface area contributed by atoms with Crippen LogP contribution in [-0.4, -0.2) is 40.4 Å². The van der Waals surface area contributed by atoms with Crippen LogP contribution in [0.1, 0.15) is 30.1 Å². The van der Waals surface area contributed by atoms with Crippen LogP contribution >= 0.6 is 23.4 Å². The number of ether oxygens (including phenoxy) is 1. The molecule has 1 aliphatic rings. The first kappa shape index (κ1) is 21.9. The van der Waals surface area contributed by atoms with E-state index in [9.17, 15) is 4.79 Å². The molecule has 1 aromatic heterocycles. The van der Waals surface area contributed by atoms with Gasteiger partial charge in [-0.3, -0.25) is 4.79 Å². The van der Waals surface area contributed by atoms with E-state index in [4.69, 9.17) is 16.3 Å². The van der Waals surface area contributed by atoms with Crippen molar-refractivity contribution < 1.29 is 9.53 Å². The highest BCUT2D eigenvalue weighted by molar-refractivity contribution is 8.00. The number of hydrogen-bond donors (Lipinski definition) is 1. The van der Waals surface area contributed by atoms with Gasteiger partial charge in [-0.1, -0.05) is 65.8 Å². The second kappa shape index (κ2) is 10.3. The van der Waals surface area contributed by atoms with Crippen molar-refractivity contribution >= 4 is 29.3 Å². The van der Waals surface area contributed by atoms with Crippen molar-refractivity contribution in [2.24, 2.45) is 0 Å². The topological polar surface area (TPSA) is 69.0 Å². The lowest BCUT2D eigenvalue weighted by atomic mass is 10.1. The van der Waals surface area contributed by atoms with Gasteiger partial charge in [-0.05, 0) is 37.0 Å². The highest BCUT2D eigenvalue weighted by Gasteiger charge is 2.30. The summed E-state index contributed by atoms with van der Waals surface area (Å²) in [5.74, 6) is 0.697. The summed E-state index contributed by atoms with van der Waals surface area (Å²) in [6.07, 6.45) is 2.88. The maximum atomic E-state index is 13.1. The lowest BCUT2D eigenvalue weighted by molar-refractivity contribution is -0.120. The second-order valence-corrected chi connectivity index (χ2v) is 8.95. The van der Waals surface area contributed by atoms with Gasteiger partial charge in [-0.15, -0.1) is 10.2 Å². The maximum Gasteiger partial charge on any atom is 0.238 e. The van der Waals surface area contributed by atoms with Gasteiger partial charge >= 0.3 is 0 Å². The summed E-state index contributed by atoms with van der Waals surface area (Å²) in [4.78, 5) is 13.1. The predicted molar refractivity (Wildman–Crippen MR) is 123 cm³/mol. The molecule has 1 fully saturated rings. The third-order valence-corrected chi connectivity index (χ3v) is 6.61. The van der Waals surface area contributed by atoms with Crippen LogP contribution in [0.15, 0.2) is 59.8 Å². The zero-order valence-electron chi connectivity index (χ0n) is 17.3. The Morgan fingerprint density at radius 2 is 1.94 bits per heavy atom. The molecule has 0 spiro atoms. The smallest absolute Gasteiger partial charge is 0.238 e. The van der Waals surface area contributed by atoms with Crippen LogP contribution in [0.4, 0.5) is 0 Å². The van der Waals surface area contributed by atoms with Gasteiger partial charge in [0.25, 0.3) is 0 Å². The number of aromatic nitrogens is 3. The molecule has 31 heavy (non-hydrogen) atoms. The third kappa shape index (κ3) is 5.47. The number of carbonyl (C=O) groups is 1. The van der Waals surface area contributed by atoms with Gasteiger partial charge in [0.1, 0.15) is 5.25 Å². The molecule has 0 saturated heterocycles. The van der Waals surface area contributed by atoms with Gasteiger partial charge in [0, 0.05) is 31.9 Å². The van der Waals surface area contributed by atoms with Gasteiger partial charge in [0.05, 0.1) is 5.02 Å². The van der Waals surface area contributed by atoms with Crippen molar-refractivity contribution in [3.8, 4) is 11.4 Å². The summed E-state index contributed by atoms with van der Waals surface area (Å²) in [7, 11) is 1.68. The highest BCUT2D eigenvalue weighted by atomic mass is 35.5. The standard InChI is InChI=1S/C23H25ClN4O2S/c1-30-15-7-14-28-21(18-10-5-6-11-19(18)24)26-27-23(28)31-20(16-8-3-2-4-9-16)22(29)25-17-12-13-17/h2-6,8-11,17,20H,7,12-15H2,1H3,(H,25,29). The minimum Gasteiger partial charge on any atom is -0.385 e. The van der Waals surface area contributed by atoms with E-state index in [1.54, 1.807) is 7.11 Å². The largest absolute Gasteiger partial charge is 0.385 e. The molecular formula is C23H25ClN4O2S. The predicted octanol–water partition coefficient (Wildman–Crippen LogP) is 4.75. The lowest BCUT2D eigenvalue weighted by Gasteiger charge is -2.17. The van der Waals surface area contributed by atoms with Crippen molar-refractivity contribution in [1.29, 1.82) is 0 Å². The molecule has 6 nitrogen and oxygen atoms in total. The Labute approximate surface area is 191 Å². The molecule has 4 rings (SSSR count). The van der Waals surface area contributed by atoms with Crippen LogP contribution in [0.5, 0.6) is 0 Å². The zero-order chi connectivity index (χ0) is 21.6. The Hall–Kier alpha value is -2.35. The van der Waals surface area contributed by atoms with E-state index in [1.165, 1.54) is 11.8 Å². The summed E-state index contributed by atoms with van der Waals surface area (Å²) >= 11 is 7.86. The number of hydrogen-bond acceptors (Lipinski definition) is 5. The van der Waals surface area contributed by atoms with Gasteiger partial charge in [-0.2, -0.15) is 0 Å². The van der Waals surface area contributed by atoms with Gasteiger partial charge < -0.3 is 14.6 Å². The van der Waals surface area contributed by atoms with Crippen molar-refractivity contribution in [2.75, 3.05) is 13.7 Å². The Morgan fingerprint density at radius 1 is 1.19 bits per heavy atom. The molecule has 0 aliphatic heterocycles. The van der Waals surface area contributed by atoms with E-state index in [0.717, 1.165) is 30.4 Å². The molecule has 162 valence electrons. The summed E-state index contributed by atoms with van der Waals surface area (Å²) in [6.45, 7) is 1.28. The molecule has 0 radical (unpaired) electrons. The second-order valence-electron chi connectivity index (χ2n) is 7.48. The number of nitrogens with zero attached hydrogens (tertiary/aromatic N) is 3. The summed E-state index contributed by atoms with van der Waals surface area (Å²) in [5.41, 5.74) is 1.76. The fourth-order valence-corrected chi connectivity index (χ4v) is 4.59. The molecule has 1 aliphatic carbocycles. The Morgan fingerprint density at radius 3 is 2.65 bits per heavy atom. The van der Waals surface area contributed by atoms with E-state index >= 15 is 0 Å². The molecule has 1 N–H and O–H groups in total. The van der Waals surface area contributed by atoms with Crippen LogP contribution in [0.2, 0.25) is 5.02 Å². The van der Waals surface area contributed by atoms with Crippen LogP contribution in [0.25, 0.3) is 11.4 Å². The van der Waals surface area contributed by atoms with E-state index < -0.39 is 5.25 Å². The molecule has 1 atom stereocenters. The van der Waals surface area contributed by atoms with Crippen LogP contribution in [0, 0.1) is 0 Å². The number of halogens is 1. The van der Waals surface area contributed by atoms with Crippen molar-refractivity contribution in [3.05, 3.63) is 65.2 Å². The first-order valence-corrected chi connectivity index (χ1v) is 11.6. The normalized spacial score (nSPS) is 14.4. The summed E-state index contributed by atoms with van der Waals surface area (Å²) in [5, 5.41) is 12.9. The number of thioether (sulfide) groups is 1. The van der Waals surface area contributed by atoms with E-state index in [1.807, 2.05) is 59.2 Å².